The van der Waals surface area contributed by atoms with Gasteiger partial charge in [0.2, 0.25) is 11.2 Å². The molecule has 3 aliphatic rings. The van der Waals surface area contributed by atoms with Gasteiger partial charge in [0.1, 0.15) is 0 Å². The topological polar surface area (TPSA) is 71.3 Å². The Balaban J connectivity index is 1.37. The van der Waals surface area contributed by atoms with Crippen molar-refractivity contribution < 1.29 is 26.4 Å². The standard InChI is InChI=1S/C24H23F3N2O3S/c25-33(26,27)18-6-4-16(5-7-18)13-29-11-8-17-2-1-3-19(21(17)29)22(32)28-24-10-9-23(14-24,15-24)12-20(30)31/h1-8,11H,9-10,12-15H2,(H,28,32)(H,30,31). The van der Waals surface area contributed by atoms with Gasteiger partial charge in [-0.25, -0.2) is 0 Å². The predicted molar refractivity (Wildman–Crippen MR) is 120 cm³/mol. The molecule has 0 saturated heterocycles. The number of fused-ring (bicyclic) bond motifs is 2. The maximum atomic E-state index is 13.3. The maximum absolute atomic E-state index is 13.3. The van der Waals surface area contributed by atoms with Gasteiger partial charge in [-0.2, -0.15) is 0 Å². The first-order chi connectivity index (χ1) is 15.6. The second-order valence-electron chi connectivity index (χ2n) is 9.40. The lowest BCUT2D eigenvalue weighted by Gasteiger charge is -2.47. The molecule has 1 heterocycles. The van der Waals surface area contributed by atoms with Crippen molar-refractivity contribution in [2.24, 2.45) is 5.41 Å². The molecule has 2 aromatic carbocycles. The fourth-order valence-corrected chi connectivity index (χ4v) is 6.20. The second kappa shape index (κ2) is 7.55. The Kier molecular flexibility index (Phi) is 5.00. The average Bonchev–Trinajstić information content (AvgIpc) is 3.38. The van der Waals surface area contributed by atoms with Gasteiger partial charge in [0.25, 0.3) is 5.91 Å². The molecular weight excluding hydrogens is 453 g/mol. The number of hydrogen-bond acceptors (Lipinski definition) is 2. The Bertz CT molecular complexity index is 1240. The second-order valence-corrected chi connectivity index (χ2v) is 10.7. The molecule has 3 aromatic rings. The Morgan fingerprint density at radius 1 is 1.03 bits per heavy atom. The quantitative estimate of drug-likeness (QED) is 0.438. The summed E-state index contributed by atoms with van der Waals surface area (Å²) >= 11 is -5.25. The highest BCUT2D eigenvalue weighted by atomic mass is 32.3. The molecule has 0 aliphatic heterocycles. The van der Waals surface area contributed by atoms with E-state index in [1.165, 1.54) is 12.1 Å². The summed E-state index contributed by atoms with van der Waals surface area (Å²) in [7, 11) is 0. The molecule has 6 rings (SSSR count). The smallest absolute Gasteiger partial charge is 0.303 e. The van der Waals surface area contributed by atoms with Gasteiger partial charge in [0.05, 0.1) is 22.4 Å². The number of hydrogen-bond donors (Lipinski definition) is 2. The molecule has 0 unspecified atom stereocenters. The largest absolute Gasteiger partial charge is 0.481 e. The Hall–Kier alpha value is -2.94. The monoisotopic (exact) mass is 476 g/mol. The highest BCUT2D eigenvalue weighted by Gasteiger charge is 2.61. The van der Waals surface area contributed by atoms with Crippen LogP contribution in [-0.4, -0.2) is 27.1 Å². The van der Waals surface area contributed by atoms with E-state index in [4.69, 9.17) is 5.11 Å². The van der Waals surface area contributed by atoms with Crippen molar-refractivity contribution in [3.63, 3.8) is 0 Å². The average molecular weight is 477 g/mol. The third-order valence-electron chi connectivity index (χ3n) is 7.04. The van der Waals surface area contributed by atoms with Gasteiger partial charge >= 0.3 is 5.97 Å². The normalized spacial score (nSPS) is 24.5. The Morgan fingerprint density at radius 3 is 2.42 bits per heavy atom. The number of aliphatic carboxylic acids is 1. The zero-order valence-corrected chi connectivity index (χ0v) is 18.5. The Morgan fingerprint density at radius 2 is 1.76 bits per heavy atom. The number of aromatic nitrogens is 1. The highest BCUT2D eigenvalue weighted by molar-refractivity contribution is 8.20. The Labute approximate surface area is 190 Å². The third-order valence-corrected chi connectivity index (χ3v) is 7.85. The van der Waals surface area contributed by atoms with Crippen LogP contribution in [0.1, 0.15) is 48.0 Å². The molecule has 0 atom stereocenters. The number of halogens is 3. The summed E-state index contributed by atoms with van der Waals surface area (Å²) < 4.78 is 40.7. The molecule has 3 aliphatic carbocycles. The molecule has 174 valence electrons. The van der Waals surface area contributed by atoms with E-state index in [0.717, 1.165) is 35.9 Å². The fraction of sp³-hybridized carbons (Fsp3) is 0.333. The summed E-state index contributed by atoms with van der Waals surface area (Å²) in [6, 6.07) is 12.5. The fourth-order valence-electron chi connectivity index (χ4n) is 5.76. The summed E-state index contributed by atoms with van der Waals surface area (Å²) in [4.78, 5) is 23.8. The van der Waals surface area contributed by atoms with Gasteiger partial charge < -0.3 is 15.0 Å². The van der Waals surface area contributed by atoms with Crippen LogP contribution < -0.4 is 5.32 Å². The van der Waals surface area contributed by atoms with Crippen molar-refractivity contribution in [2.45, 2.75) is 49.1 Å². The van der Waals surface area contributed by atoms with Crippen LogP contribution in [0.15, 0.2) is 59.6 Å². The van der Waals surface area contributed by atoms with E-state index < -0.39 is 22.1 Å². The SMILES string of the molecule is O=C(O)CC12CCC(NC(=O)c3cccc4ccn(Cc5ccc(S(F)(F)F)cc5)c34)(C1)C2. The van der Waals surface area contributed by atoms with Crippen LogP contribution in [0.25, 0.3) is 10.9 Å². The first-order valence-corrected chi connectivity index (χ1v) is 12.1. The number of carboxylic acids is 1. The summed E-state index contributed by atoms with van der Waals surface area (Å²) in [6.45, 7) is 0.341. The zero-order chi connectivity index (χ0) is 23.4. The van der Waals surface area contributed by atoms with Gasteiger partial charge in [0.15, 0.2) is 0 Å². The summed E-state index contributed by atoms with van der Waals surface area (Å²) in [5, 5.41) is 13.2. The molecule has 2 N–H and O–H groups in total. The van der Waals surface area contributed by atoms with Gasteiger partial charge in [-0.3, -0.25) is 9.59 Å². The van der Waals surface area contributed by atoms with Crippen LogP contribution in [0.3, 0.4) is 0 Å². The molecule has 2 bridgehead atoms. The number of nitrogens with zero attached hydrogens (tertiary/aromatic N) is 1. The van der Waals surface area contributed by atoms with Crippen LogP contribution in [0.5, 0.6) is 0 Å². The number of nitrogens with one attached hydrogen (secondary N) is 1. The van der Waals surface area contributed by atoms with Crippen LogP contribution in [0.4, 0.5) is 11.7 Å². The number of carboxylic acid groups (broad SMARTS) is 1. The lowest BCUT2D eigenvalue weighted by Crippen LogP contribution is -2.56. The van der Waals surface area contributed by atoms with E-state index in [9.17, 15) is 21.2 Å². The van der Waals surface area contributed by atoms with E-state index in [1.807, 2.05) is 29.0 Å². The van der Waals surface area contributed by atoms with E-state index in [2.05, 4.69) is 5.32 Å². The minimum Gasteiger partial charge on any atom is -0.481 e. The molecule has 9 heteroatoms. The molecule has 0 spiro atoms. The number of rotatable bonds is 7. The lowest BCUT2D eigenvalue weighted by atomic mass is 9.63. The highest BCUT2D eigenvalue weighted by Crippen LogP contribution is 2.63. The van der Waals surface area contributed by atoms with E-state index in [0.29, 0.717) is 30.5 Å². The van der Waals surface area contributed by atoms with Gasteiger partial charge in [-0.15, -0.1) is 11.7 Å². The van der Waals surface area contributed by atoms with Crippen LogP contribution in [0.2, 0.25) is 0 Å². The molecule has 5 nitrogen and oxygen atoms in total. The summed E-state index contributed by atoms with van der Waals surface area (Å²) in [5.74, 6) is -1.01. The number of carbonyl (C=O) groups excluding carboxylic acids is 1. The number of benzene rings is 2. The van der Waals surface area contributed by atoms with E-state index in [-0.39, 0.29) is 23.3 Å². The van der Waals surface area contributed by atoms with Crippen molar-refractivity contribution in [2.75, 3.05) is 0 Å². The van der Waals surface area contributed by atoms with E-state index in [1.54, 1.807) is 6.07 Å². The summed E-state index contributed by atoms with van der Waals surface area (Å²) in [6.07, 6.45) is 4.91. The zero-order valence-electron chi connectivity index (χ0n) is 17.7. The molecule has 33 heavy (non-hydrogen) atoms. The minimum atomic E-state index is -5.25. The van der Waals surface area contributed by atoms with Gasteiger partial charge in [0, 0.05) is 23.7 Å². The number of para-hydroxylation sites is 1. The van der Waals surface area contributed by atoms with Crippen LogP contribution in [0, 0.1) is 5.41 Å². The van der Waals surface area contributed by atoms with Crippen molar-refractivity contribution in [3.8, 4) is 0 Å². The van der Waals surface area contributed by atoms with Crippen molar-refractivity contribution in [1.29, 1.82) is 0 Å². The third kappa shape index (κ3) is 3.99. The molecule has 3 saturated carbocycles. The maximum Gasteiger partial charge on any atom is 0.303 e. The van der Waals surface area contributed by atoms with Crippen LogP contribution >= 0.6 is 11.2 Å². The molecule has 1 aromatic heterocycles. The first-order valence-electron chi connectivity index (χ1n) is 10.7. The lowest BCUT2D eigenvalue weighted by molar-refractivity contribution is -0.141. The van der Waals surface area contributed by atoms with Crippen LogP contribution in [-0.2, 0) is 11.3 Å². The number of amides is 1. The van der Waals surface area contributed by atoms with Crippen molar-refractivity contribution in [3.05, 3.63) is 65.9 Å². The first kappa shape index (κ1) is 21.9. The number of carbonyl (C=O) groups is 2. The van der Waals surface area contributed by atoms with Gasteiger partial charge in [-0.05, 0) is 60.9 Å². The predicted octanol–water partition coefficient (Wildman–Crippen LogP) is 6.02. The molecule has 1 amide bonds. The summed E-state index contributed by atoms with van der Waals surface area (Å²) in [5.41, 5.74) is 1.40. The van der Waals surface area contributed by atoms with E-state index >= 15 is 0 Å². The van der Waals surface area contributed by atoms with Crippen molar-refractivity contribution >= 4 is 34.0 Å². The molecule has 3 fully saturated rings. The van der Waals surface area contributed by atoms with Crippen molar-refractivity contribution in [1.82, 2.24) is 9.88 Å². The molecular formula is C24H23F3N2O3S. The molecule has 0 radical (unpaired) electrons. The van der Waals surface area contributed by atoms with Gasteiger partial charge in [-0.1, -0.05) is 24.3 Å². The minimum absolute atomic E-state index is 0.137.